The monoisotopic (exact) mass is 269 g/mol. The maximum Gasteiger partial charge on any atom is 0.0576 e. The van der Waals surface area contributed by atoms with Gasteiger partial charge in [-0.2, -0.15) is 0 Å². The van der Waals surface area contributed by atoms with Crippen molar-refractivity contribution in [3.8, 4) is 0 Å². The van der Waals surface area contributed by atoms with E-state index in [4.69, 9.17) is 9.47 Å². The first-order valence-corrected chi connectivity index (χ1v) is 8.26. The summed E-state index contributed by atoms with van der Waals surface area (Å²) >= 11 is 0. The highest BCUT2D eigenvalue weighted by Gasteiger charge is 2.29. The molecule has 3 nitrogen and oxygen atoms in total. The van der Waals surface area contributed by atoms with E-state index in [-0.39, 0.29) is 0 Å². The molecular formula is C16H31NO2. The second-order valence-electron chi connectivity index (χ2n) is 6.27. The van der Waals surface area contributed by atoms with Crippen LogP contribution in [0.4, 0.5) is 0 Å². The smallest absolute Gasteiger partial charge is 0.0576 e. The molecule has 0 spiro atoms. The zero-order valence-corrected chi connectivity index (χ0v) is 12.7. The lowest BCUT2D eigenvalue weighted by molar-refractivity contribution is 0.0992. The van der Waals surface area contributed by atoms with Crippen molar-refractivity contribution in [2.75, 3.05) is 19.8 Å². The third-order valence-electron chi connectivity index (χ3n) is 4.52. The maximum atomic E-state index is 5.74. The summed E-state index contributed by atoms with van der Waals surface area (Å²) in [6.45, 7) is 7.50. The van der Waals surface area contributed by atoms with Gasteiger partial charge in [-0.15, -0.1) is 0 Å². The Balaban J connectivity index is 1.69. The van der Waals surface area contributed by atoms with E-state index < -0.39 is 0 Å². The third kappa shape index (κ3) is 5.05. The number of hydrogen-bond acceptors (Lipinski definition) is 3. The Bertz CT molecular complexity index is 241. The van der Waals surface area contributed by atoms with Crippen LogP contribution in [0.15, 0.2) is 0 Å². The van der Waals surface area contributed by atoms with Crippen molar-refractivity contribution in [1.82, 2.24) is 5.32 Å². The molecule has 0 bridgehead atoms. The predicted octanol–water partition coefficient (Wildman–Crippen LogP) is 3.13. The van der Waals surface area contributed by atoms with E-state index in [9.17, 15) is 0 Å². The van der Waals surface area contributed by atoms with Gasteiger partial charge in [0.1, 0.15) is 0 Å². The van der Waals surface area contributed by atoms with E-state index in [0.29, 0.717) is 24.2 Å². The number of rotatable bonds is 8. The van der Waals surface area contributed by atoms with Gasteiger partial charge in [0, 0.05) is 18.6 Å². The predicted molar refractivity (Wildman–Crippen MR) is 78.4 cm³/mol. The van der Waals surface area contributed by atoms with Crippen LogP contribution in [-0.4, -0.2) is 38.0 Å². The van der Waals surface area contributed by atoms with Gasteiger partial charge in [0.15, 0.2) is 0 Å². The highest BCUT2D eigenvalue weighted by Crippen LogP contribution is 2.26. The average Bonchev–Trinajstić information content (AvgIpc) is 3.05. The van der Waals surface area contributed by atoms with Crippen LogP contribution >= 0.6 is 0 Å². The number of ether oxygens (including phenoxy) is 2. The van der Waals surface area contributed by atoms with Crippen LogP contribution in [0.2, 0.25) is 0 Å². The molecule has 0 aromatic heterocycles. The molecule has 2 saturated heterocycles. The Morgan fingerprint density at radius 2 is 2.21 bits per heavy atom. The highest BCUT2D eigenvalue weighted by molar-refractivity contribution is 4.82. The first-order valence-electron chi connectivity index (χ1n) is 8.26. The summed E-state index contributed by atoms with van der Waals surface area (Å²) in [6, 6.07) is 0.645. The van der Waals surface area contributed by atoms with Crippen LogP contribution in [0, 0.1) is 5.92 Å². The molecule has 4 unspecified atom stereocenters. The second-order valence-corrected chi connectivity index (χ2v) is 6.27. The zero-order chi connectivity index (χ0) is 13.5. The molecule has 0 aromatic rings. The topological polar surface area (TPSA) is 30.5 Å². The standard InChI is InChI=1S/C16H31NO2/c1-3-9-17-16(14-11-13(2)19-12-14)8-4-6-15-7-5-10-18-15/h13-17H,3-12H2,1-2H3. The van der Waals surface area contributed by atoms with Gasteiger partial charge < -0.3 is 14.8 Å². The lowest BCUT2D eigenvalue weighted by Crippen LogP contribution is -2.37. The zero-order valence-electron chi connectivity index (χ0n) is 12.7. The van der Waals surface area contributed by atoms with E-state index >= 15 is 0 Å². The first kappa shape index (κ1) is 15.3. The van der Waals surface area contributed by atoms with Gasteiger partial charge in [-0.05, 0) is 58.4 Å². The Labute approximate surface area is 118 Å². The molecule has 0 amide bonds. The molecule has 2 heterocycles. The van der Waals surface area contributed by atoms with Gasteiger partial charge in [0.2, 0.25) is 0 Å². The van der Waals surface area contributed by atoms with Gasteiger partial charge in [-0.25, -0.2) is 0 Å². The Morgan fingerprint density at radius 1 is 1.32 bits per heavy atom. The van der Waals surface area contributed by atoms with Crippen molar-refractivity contribution in [1.29, 1.82) is 0 Å². The van der Waals surface area contributed by atoms with Crippen LogP contribution in [0.3, 0.4) is 0 Å². The Hall–Kier alpha value is -0.120. The van der Waals surface area contributed by atoms with Gasteiger partial charge >= 0.3 is 0 Å². The van der Waals surface area contributed by atoms with Crippen LogP contribution in [0.5, 0.6) is 0 Å². The lowest BCUT2D eigenvalue weighted by Gasteiger charge is -2.24. The van der Waals surface area contributed by atoms with Crippen molar-refractivity contribution in [3.63, 3.8) is 0 Å². The minimum absolute atomic E-state index is 0.453. The van der Waals surface area contributed by atoms with Crippen molar-refractivity contribution >= 4 is 0 Å². The van der Waals surface area contributed by atoms with Crippen molar-refractivity contribution < 1.29 is 9.47 Å². The van der Waals surface area contributed by atoms with Gasteiger partial charge in [-0.1, -0.05) is 6.92 Å². The molecule has 1 N–H and O–H groups in total. The van der Waals surface area contributed by atoms with Crippen molar-refractivity contribution in [2.45, 2.75) is 77.0 Å². The summed E-state index contributed by atoms with van der Waals surface area (Å²) < 4.78 is 11.5. The molecule has 2 aliphatic rings. The SMILES string of the molecule is CCCNC(CCCC1CCCO1)C1COC(C)C1. The normalized spacial score (nSPS) is 32.8. The van der Waals surface area contributed by atoms with Gasteiger partial charge in [0.05, 0.1) is 18.8 Å². The van der Waals surface area contributed by atoms with E-state index in [1.807, 2.05) is 0 Å². The average molecular weight is 269 g/mol. The summed E-state index contributed by atoms with van der Waals surface area (Å²) in [5.74, 6) is 0.714. The minimum atomic E-state index is 0.453. The second kappa shape index (κ2) is 8.23. The van der Waals surface area contributed by atoms with Crippen molar-refractivity contribution in [3.05, 3.63) is 0 Å². The molecule has 2 fully saturated rings. The maximum absolute atomic E-state index is 5.74. The molecule has 0 aliphatic carbocycles. The molecule has 0 saturated carbocycles. The van der Waals surface area contributed by atoms with Gasteiger partial charge in [0.25, 0.3) is 0 Å². The van der Waals surface area contributed by atoms with E-state index in [1.165, 1.54) is 44.9 Å². The quantitative estimate of drug-likeness (QED) is 0.734. The minimum Gasteiger partial charge on any atom is -0.378 e. The molecule has 19 heavy (non-hydrogen) atoms. The van der Waals surface area contributed by atoms with E-state index in [2.05, 4.69) is 19.2 Å². The summed E-state index contributed by atoms with van der Waals surface area (Å²) in [6.07, 6.45) is 9.78. The van der Waals surface area contributed by atoms with Crippen molar-refractivity contribution in [2.24, 2.45) is 5.92 Å². The van der Waals surface area contributed by atoms with E-state index in [1.54, 1.807) is 0 Å². The fraction of sp³-hybridized carbons (Fsp3) is 1.00. The fourth-order valence-corrected chi connectivity index (χ4v) is 3.40. The molecule has 2 rings (SSSR count). The van der Waals surface area contributed by atoms with Gasteiger partial charge in [-0.3, -0.25) is 0 Å². The largest absolute Gasteiger partial charge is 0.378 e. The summed E-state index contributed by atoms with van der Waals surface area (Å²) in [5, 5.41) is 3.74. The lowest BCUT2D eigenvalue weighted by atomic mass is 9.92. The summed E-state index contributed by atoms with van der Waals surface area (Å²) in [5.41, 5.74) is 0. The molecular weight excluding hydrogens is 238 g/mol. The molecule has 4 atom stereocenters. The summed E-state index contributed by atoms with van der Waals surface area (Å²) in [7, 11) is 0. The molecule has 3 heteroatoms. The fourth-order valence-electron chi connectivity index (χ4n) is 3.40. The third-order valence-corrected chi connectivity index (χ3v) is 4.52. The highest BCUT2D eigenvalue weighted by atomic mass is 16.5. The first-order chi connectivity index (χ1) is 9.29. The van der Waals surface area contributed by atoms with Crippen LogP contribution < -0.4 is 5.32 Å². The van der Waals surface area contributed by atoms with Crippen LogP contribution in [0.25, 0.3) is 0 Å². The molecule has 112 valence electrons. The van der Waals surface area contributed by atoms with E-state index in [0.717, 1.165) is 19.8 Å². The molecule has 0 aromatic carbocycles. The Kier molecular flexibility index (Phi) is 6.62. The van der Waals surface area contributed by atoms with Crippen LogP contribution in [-0.2, 0) is 9.47 Å². The summed E-state index contributed by atoms with van der Waals surface area (Å²) in [4.78, 5) is 0. The molecule has 0 radical (unpaired) electrons. The number of nitrogens with one attached hydrogen (secondary N) is 1. The molecule has 2 aliphatic heterocycles. The Morgan fingerprint density at radius 3 is 2.84 bits per heavy atom. The number of hydrogen-bond donors (Lipinski definition) is 1. The van der Waals surface area contributed by atoms with Crippen LogP contribution in [0.1, 0.15) is 58.8 Å².